The van der Waals surface area contributed by atoms with Gasteiger partial charge in [-0.15, -0.1) is 16.8 Å². The van der Waals surface area contributed by atoms with E-state index in [1.807, 2.05) is 67.0 Å². The minimum atomic E-state index is -0.0720. The summed E-state index contributed by atoms with van der Waals surface area (Å²) >= 11 is 4.84. The molecule has 0 radical (unpaired) electrons. The molecule has 0 saturated heterocycles. The molecular weight excluding hydrogens is 488 g/mol. The van der Waals surface area contributed by atoms with E-state index >= 15 is 0 Å². The predicted molar refractivity (Wildman–Crippen MR) is 133 cm³/mol. The van der Waals surface area contributed by atoms with Crippen LogP contribution in [0, 0.1) is 13.8 Å². The van der Waals surface area contributed by atoms with E-state index in [2.05, 4.69) is 38.0 Å². The molecule has 168 valence electrons. The fourth-order valence-corrected chi connectivity index (χ4v) is 4.38. The molecule has 0 aliphatic heterocycles. The van der Waals surface area contributed by atoms with Crippen LogP contribution in [0.1, 0.15) is 23.4 Å². The Morgan fingerprint density at radius 3 is 2.78 bits per heavy atom. The van der Waals surface area contributed by atoms with Gasteiger partial charge in [-0.3, -0.25) is 4.79 Å². The highest BCUT2D eigenvalue weighted by Crippen LogP contribution is 2.23. The van der Waals surface area contributed by atoms with Crippen LogP contribution >= 0.6 is 27.7 Å². The van der Waals surface area contributed by atoms with Crippen LogP contribution in [0.4, 0.5) is 5.69 Å². The summed E-state index contributed by atoms with van der Waals surface area (Å²) < 4.78 is 8.95. The van der Waals surface area contributed by atoms with Crippen molar-refractivity contribution in [2.45, 2.75) is 38.4 Å². The molecule has 3 rings (SSSR count). The molecule has 1 heterocycles. The van der Waals surface area contributed by atoms with Crippen LogP contribution in [0.15, 0.2) is 64.7 Å². The SMILES string of the molecule is C=CCn1c(CCCOc2ccc(Br)cc2C)nnc1SCC(=O)Nc1ccccc1C. The van der Waals surface area contributed by atoms with E-state index < -0.39 is 0 Å². The third kappa shape index (κ3) is 6.71. The Labute approximate surface area is 201 Å². The zero-order valence-corrected chi connectivity index (χ0v) is 20.7. The lowest BCUT2D eigenvalue weighted by molar-refractivity contribution is -0.113. The number of thioether (sulfide) groups is 1. The maximum atomic E-state index is 12.4. The molecule has 1 aromatic heterocycles. The van der Waals surface area contributed by atoms with Gasteiger partial charge in [-0.2, -0.15) is 0 Å². The highest BCUT2D eigenvalue weighted by molar-refractivity contribution is 9.10. The number of ether oxygens (including phenoxy) is 1. The Hall–Kier alpha value is -2.58. The number of carbonyl (C=O) groups is 1. The lowest BCUT2D eigenvalue weighted by atomic mass is 10.2. The van der Waals surface area contributed by atoms with Crippen LogP contribution < -0.4 is 10.1 Å². The molecule has 0 bridgehead atoms. The quantitative estimate of drug-likeness (QED) is 0.205. The van der Waals surface area contributed by atoms with Gasteiger partial charge in [0.05, 0.1) is 12.4 Å². The van der Waals surface area contributed by atoms with Crippen molar-refractivity contribution in [3.63, 3.8) is 0 Å². The lowest BCUT2D eigenvalue weighted by Gasteiger charge is -2.10. The maximum absolute atomic E-state index is 12.4. The van der Waals surface area contributed by atoms with Gasteiger partial charge < -0.3 is 14.6 Å². The van der Waals surface area contributed by atoms with Crippen molar-refractivity contribution >= 4 is 39.3 Å². The molecule has 32 heavy (non-hydrogen) atoms. The Morgan fingerprint density at radius 1 is 1.22 bits per heavy atom. The fraction of sp³-hybridized carbons (Fsp3) is 0.292. The summed E-state index contributed by atoms with van der Waals surface area (Å²) in [7, 11) is 0. The van der Waals surface area contributed by atoms with E-state index in [9.17, 15) is 4.79 Å². The summed E-state index contributed by atoms with van der Waals surface area (Å²) in [6.45, 7) is 9.02. The molecule has 0 aliphatic rings. The largest absolute Gasteiger partial charge is 0.493 e. The summed E-state index contributed by atoms with van der Waals surface area (Å²) in [6.07, 6.45) is 3.35. The van der Waals surface area contributed by atoms with Crippen LogP contribution in [0.3, 0.4) is 0 Å². The average molecular weight is 515 g/mol. The van der Waals surface area contributed by atoms with Gasteiger partial charge in [0.1, 0.15) is 11.6 Å². The second kappa shape index (κ2) is 11.9. The molecule has 0 unspecified atom stereocenters. The molecule has 8 heteroatoms. The highest BCUT2D eigenvalue weighted by atomic mass is 79.9. The second-order valence-electron chi connectivity index (χ2n) is 7.31. The van der Waals surface area contributed by atoms with Gasteiger partial charge in [-0.1, -0.05) is 52.0 Å². The maximum Gasteiger partial charge on any atom is 0.234 e. The van der Waals surface area contributed by atoms with Crippen LogP contribution in [0.25, 0.3) is 0 Å². The topological polar surface area (TPSA) is 69.0 Å². The molecule has 3 aromatic rings. The molecule has 0 saturated carbocycles. The summed E-state index contributed by atoms with van der Waals surface area (Å²) in [6, 6.07) is 13.7. The lowest BCUT2D eigenvalue weighted by Crippen LogP contribution is -2.15. The number of aromatic nitrogens is 3. The predicted octanol–water partition coefficient (Wildman–Crippen LogP) is 5.59. The summed E-state index contributed by atoms with van der Waals surface area (Å²) in [5.41, 5.74) is 2.95. The molecule has 1 amide bonds. The van der Waals surface area contributed by atoms with Gasteiger partial charge in [0.15, 0.2) is 5.16 Å². The number of allylic oxidation sites excluding steroid dienone is 1. The van der Waals surface area contributed by atoms with Gasteiger partial charge in [0, 0.05) is 23.1 Å². The number of aryl methyl sites for hydroxylation is 3. The first-order valence-corrected chi connectivity index (χ1v) is 12.2. The molecule has 0 atom stereocenters. The van der Waals surface area contributed by atoms with E-state index in [-0.39, 0.29) is 11.7 Å². The van der Waals surface area contributed by atoms with E-state index in [4.69, 9.17) is 4.74 Å². The van der Waals surface area contributed by atoms with Gasteiger partial charge in [0.2, 0.25) is 5.91 Å². The first-order valence-electron chi connectivity index (χ1n) is 10.4. The number of nitrogens with one attached hydrogen (secondary N) is 1. The molecule has 0 aliphatic carbocycles. The fourth-order valence-electron chi connectivity index (χ4n) is 3.14. The zero-order valence-electron chi connectivity index (χ0n) is 18.3. The Balaban J connectivity index is 1.53. The van der Waals surface area contributed by atoms with Crippen molar-refractivity contribution in [2.75, 3.05) is 17.7 Å². The zero-order chi connectivity index (χ0) is 22.9. The van der Waals surface area contributed by atoms with Crippen LogP contribution in [-0.4, -0.2) is 33.0 Å². The summed E-state index contributed by atoms with van der Waals surface area (Å²) in [4.78, 5) is 12.4. The minimum Gasteiger partial charge on any atom is -0.493 e. The van der Waals surface area contributed by atoms with E-state index in [0.717, 1.165) is 45.7 Å². The van der Waals surface area contributed by atoms with E-state index in [0.29, 0.717) is 18.3 Å². The number of carbonyl (C=O) groups excluding carboxylic acids is 1. The highest BCUT2D eigenvalue weighted by Gasteiger charge is 2.14. The Morgan fingerprint density at radius 2 is 2.03 bits per heavy atom. The van der Waals surface area contributed by atoms with Gasteiger partial charge >= 0.3 is 0 Å². The minimum absolute atomic E-state index is 0.0720. The van der Waals surface area contributed by atoms with Crippen molar-refractivity contribution < 1.29 is 9.53 Å². The summed E-state index contributed by atoms with van der Waals surface area (Å²) in [5.74, 6) is 1.94. The van der Waals surface area contributed by atoms with Crippen molar-refractivity contribution in [3.8, 4) is 5.75 Å². The van der Waals surface area contributed by atoms with Crippen LogP contribution in [0.2, 0.25) is 0 Å². The molecule has 2 aromatic carbocycles. The molecule has 6 nitrogen and oxygen atoms in total. The Bertz CT molecular complexity index is 1080. The number of rotatable bonds is 11. The number of hydrogen-bond donors (Lipinski definition) is 1. The van der Waals surface area contributed by atoms with Gasteiger partial charge in [-0.05, 0) is 55.7 Å². The van der Waals surface area contributed by atoms with Crippen molar-refractivity contribution in [1.82, 2.24) is 14.8 Å². The number of benzene rings is 2. The van der Waals surface area contributed by atoms with E-state index in [1.54, 1.807) is 0 Å². The van der Waals surface area contributed by atoms with E-state index in [1.165, 1.54) is 11.8 Å². The second-order valence-corrected chi connectivity index (χ2v) is 9.17. The first kappa shape index (κ1) is 24.1. The standard InChI is InChI=1S/C24H27BrN4O2S/c1-4-13-29-22(10-7-14-31-21-12-11-19(25)15-18(21)3)27-28-24(29)32-16-23(30)26-20-9-6-5-8-17(20)2/h4-6,8-9,11-12,15H,1,7,10,13-14,16H2,2-3H3,(H,26,30). The number of para-hydroxylation sites is 1. The number of amides is 1. The number of nitrogens with zero attached hydrogens (tertiary/aromatic N) is 3. The number of anilines is 1. The molecule has 0 fully saturated rings. The normalized spacial score (nSPS) is 10.7. The Kier molecular flexibility index (Phi) is 8.93. The third-order valence-electron chi connectivity index (χ3n) is 4.80. The van der Waals surface area contributed by atoms with Gasteiger partial charge in [0.25, 0.3) is 0 Å². The van der Waals surface area contributed by atoms with Crippen LogP contribution in [-0.2, 0) is 17.8 Å². The monoisotopic (exact) mass is 514 g/mol. The summed E-state index contributed by atoms with van der Waals surface area (Å²) in [5, 5.41) is 12.3. The number of hydrogen-bond acceptors (Lipinski definition) is 5. The van der Waals surface area contributed by atoms with Crippen molar-refractivity contribution in [1.29, 1.82) is 0 Å². The molecular formula is C24H27BrN4O2S. The first-order chi connectivity index (χ1) is 15.5. The van der Waals surface area contributed by atoms with Crippen molar-refractivity contribution in [2.24, 2.45) is 0 Å². The molecule has 1 N–H and O–H groups in total. The van der Waals surface area contributed by atoms with Crippen molar-refractivity contribution in [3.05, 3.63) is 76.5 Å². The van der Waals surface area contributed by atoms with Gasteiger partial charge in [-0.25, -0.2) is 0 Å². The average Bonchev–Trinajstić information content (AvgIpc) is 3.14. The molecule has 0 spiro atoms. The smallest absolute Gasteiger partial charge is 0.234 e. The van der Waals surface area contributed by atoms with Crippen LogP contribution in [0.5, 0.6) is 5.75 Å². The number of halogens is 1. The third-order valence-corrected chi connectivity index (χ3v) is 6.26.